The van der Waals surface area contributed by atoms with Crippen LogP contribution in [0.2, 0.25) is 0 Å². The minimum absolute atomic E-state index is 0.140. The summed E-state index contributed by atoms with van der Waals surface area (Å²) in [5.74, 6) is 0.703. The highest BCUT2D eigenvalue weighted by Gasteiger charge is 2.51. The van der Waals surface area contributed by atoms with Crippen molar-refractivity contribution in [1.82, 2.24) is 0 Å². The first-order chi connectivity index (χ1) is 10.2. The van der Waals surface area contributed by atoms with Crippen LogP contribution in [-0.2, 0) is 14.1 Å². The van der Waals surface area contributed by atoms with Crippen LogP contribution in [-0.4, -0.2) is 29.2 Å². The van der Waals surface area contributed by atoms with Crippen LogP contribution in [0.1, 0.15) is 40.2 Å². The van der Waals surface area contributed by atoms with Crippen LogP contribution in [0.5, 0.6) is 0 Å². The predicted octanol–water partition coefficient (Wildman–Crippen LogP) is 3.28. The first-order valence-corrected chi connectivity index (χ1v) is 8.45. The molecule has 0 amide bonds. The second-order valence-corrected chi connectivity index (χ2v) is 7.66. The summed E-state index contributed by atoms with van der Waals surface area (Å²) in [6, 6.07) is 8.13. The van der Waals surface area contributed by atoms with Gasteiger partial charge in [-0.25, -0.2) is 0 Å². The van der Waals surface area contributed by atoms with Crippen molar-refractivity contribution in [2.24, 2.45) is 0 Å². The zero-order chi connectivity index (χ0) is 16.4. The highest BCUT2D eigenvalue weighted by atomic mass is 32.2. The molecule has 1 aliphatic heterocycles. The molecule has 5 heteroatoms. The molecule has 1 heterocycles. The molecule has 1 aliphatic rings. The van der Waals surface area contributed by atoms with E-state index in [0.717, 1.165) is 11.0 Å². The Labute approximate surface area is 137 Å². The molecule has 0 N–H and O–H groups in total. The molecule has 0 saturated carbocycles. The Morgan fingerprint density at radius 1 is 1.14 bits per heavy atom. The summed E-state index contributed by atoms with van der Waals surface area (Å²) >= 11 is 1.31. The second-order valence-electron chi connectivity index (χ2n) is 6.46. The smallest absolute Gasteiger partial charge is 0.399 e. The lowest BCUT2D eigenvalue weighted by Crippen LogP contribution is -2.41. The van der Waals surface area contributed by atoms with E-state index in [9.17, 15) is 4.79 Å². The Balaban J connectivity index is 2.00. The van der Waals surface area contributed by atoms with Gasteiger partial charge in [0.25, 0.3) is 0 Å². The van der Waals surface area contributed by atoms with Crippen molar-refractivity contribution in [3.63, 3.8) is 0 Å². The van der Waals surface area contributed by atoms with Gasteiger partial charge in [0, 0.05) is 12.7 Å². The number of carbonyl (C=O) groups excluding carboxylic acids is 1. The van der Waals surface area contributed by atoms with Gasteiger partial charge < -0.3 is 9.31 Å². The van der Waals surface area contributed by atoms with Crippen LogP contribution in [0, 0.1) is 0 Å². The van der Waals surface area contributed by atoms with Crippen LogP contribution in [0.15, 0.2) is 30.3 Å². The summed E-state index contributed by atoms with van der Waals surface area (Å²) in [6.45, 7) is 9.79. The number of benzene rings is 1. The van der Waals surface area contributed by atoms with E-state index in [1.807, 2.05) is 36.4 Å². The second kappa shape index (κ2) is 6.61. The minimum Gasteiger partial charge on any atom is -0.399 e. The van der Waals surface area contributed by atoms with Gasteiger partial charge in [0.2, 0.25) is 0 Å². The van der Waals surface area contributed by atoms with E-state index in [1.165, 1.54) is 11.8 Å². The Morgan fingerprint density at radius 3 is 2.18 bits per heavy atom. The van der Waals surface area contributed by atoms with Crippen molar-refractivity contribution in [1.29, 1.82) is 0 Å². The van der Waals surface area contributed by atoms with E-state index in [4.69, 9.17) is 9.31 Å². The molecule has 1 aromatic carbocycles. The SMILES string of the molecule is CC(=O)SCC=Cc1ccc(B2OC(C)(C)C(C)(C)O2)cc1. The average Bonchev–Trinajstić information content (AvgIpc) is 2.64. The molecule has 1 saturated heterocycles. The van der Waals surface area contributed by atoms with E-state index in [-0.39, 0.29) is 23.4 Å². The number of rotatable bonds is 4. The molecular formula is C17H23BO3S. The Hall–Kier alpha value is -1.04. The molecule has 3 nitrogen and oxygen atoms in total. The molecule has 0 aromatic heterocycles. The maximum atomic E-state index is 10.9. The van der Waals surface area contributed by atoms with Gasteiger partial charge in [-0.3, -0.25) is 4.79 Å². The molecule has 22 heavy (non-hydrogen) atoms. The molecule has 1 fully saturated rings. The van der Waals surface area contributed by atoms with Gasteiger partial charge in [0.15, 0.2) is 5.12 Å². The summed E-state index contributed by atoms with van der Waals surface area (Å²) in [7, 11) is -0.323. The summed E-state index contributed by atoms with van der Waals surface area (Å²) in [6.07, 6.45) is 4.01. The Bertz CT molecular complexity index is 548. The van der Waals surface area contributed by atoms with E-state index < -0.39 is 0 Å². The fourth-order valence-electron chi connectivity index (χ4n) is 2.09. The highest BCUT2D eigenvalue weighted by Crippen LogP contribution is 2.36. The summed E-state index contributed by atoms with van der Waals surface area (Å²) < 4.78 is 12.1. The van der Waals surface area contributed by atoms with Crippen molar-refractivity contribution >= 4 is 35.5 Å². The Kier molecular flexibility index (Phi) is 5.20. The lowest BCUT2D eigenvalue weighted by molar-refractivity contribution is -0.109. The van der Waals surface area contributed by atoms with Gasteiger partial charge in [-0.05, 0) is 38.7 Å². The third kappa shape index (κ3) is 4.03. The zero-order valence-corrected chi connectivity index (χ0v) is 14.7. The lowest BCUT2D eigenvalue weighted by atomic mass is 9.79. The Morgan fingerprint density at radius 2 is 1.68 bits per heavy atom. The van der Waals surface area contributed by atoms with Gasteiger partial charge in [0.05, 0.1) is 11.2 Å². The first-order valence-electron chi connectivity index (χ1n) is 7.47. The third-order valence-electron chi connectivity index (χ3n) is 4.16. The molecule has 0 unspecified atom stereocenters. The fourth-order valence-corrected chi connectivity index (χ4v) is 2.52. The van der Waals surface area contributed by atoms with Gasteiger partial charge in [0.1, 0.15) is 0 Å². The van der Waals surface area contributed by atoms with Crippen LogP contribution in [0.3, 0.4) is 0 Å². The van der Waals surface area contributed by atoms with Gasteiger partial charge in [-0.1, -0.05) is 48.2 Å². The largest absolute Gasteiger partial charge is 0.494 e. The molecule has 0 bridgehead atoms. The predicted molar refractivity (Wildman–Crippen MR) is 94.3 cm³/mol. The summed E-state index contributed by atoms with van der Waals surface area (Å²) in [5.41, 5.74) is 1.48. The summed E-state index contributed by atoms with van der Waals surface area (Å²) in [5, 5.41) is 0.140. The quantitative estimate of drug-likeness (QED) is 0.798. The molecular weight excluding hydrogens is 295 g/mol. The topological polar surface area (TPSA) is 35.5 Å². The van der Waals surface area contributed by atoms with Gasteiger partial charge in [-0.15, -0.1) is 0 Å². The van der Waals surface area contributed by atoms with Crippen LogP contribution < -0.4 is 5.46 Å². The number of carbonyl (C=O) groups is 1. The molecule has 2 rings (SSSR count). The van der Waals surface area contributed by atoms with E-state index in [2.05, 4.69) is 27.7 Å². The fraction of sp³-hybridized carbons (Fsp3) is 0.471. The number of hydrogen-bond donors (Lipinski definition) is 0. The van der Waals surface area contributed by atoms with Crippen molar-refractivity contribution < 1.29 is 14.1 Å². The molecule has 0 spiro atoms. The van der Waals surface area contributed by atoms with Crippen molar-refractivity contribution in [3.8, 4) is 0 Å². The molecule has 0 aliphatic carbocycles. The van der Waals surface area contributed by atoms with Crippen LogP contribution in [0.25, 0.3) is 6.08 Å². The van der Waals surface area contributed by atoms with Crippen molar-refractivity contribution in [3.05, 3.63) is 35.9 Å². The highest BCUT2D eigenvalue weighted by molar-refractivity contribution is 8.13. The lowest BCUT2D eigenvalue weighted by Gasteiger charge is -2.32. The molecule has 118 valence electrons. The number of thioether (sulfide) groups is 1. The van der Waals surface area contributed by atoms with Crippen LogP contribution >= 0.6 is 11.8 Å². The van der Waals surface area contributed by atoms with Crippen molar-refractivity contribution in [2.75, 3.05) is 5.75 Å². The van der Waals surface area contributed by atoms with Gasteiger partial charge >= 0.3 is 7.12 Å². The third-order valence-corrected chi connectivity index (χ3v) is 4.92. The first kappa shape index (κ1) is 17.3. The molecule has 1 aromatic rings. The zero-order valence-electron chi connectivity index (χ0n) is 13.9. The van der Waals surface area contributed by atoms with Crippen molar-refractivity contribution in [2.45, 2.75) is 45.8 Å². The molecule has 0 radical (unpaired) electrons. The standard InChI is InChI=1S/C17H23BO3S/c1-13(19)22-12-6-7-14-8-10-15(11-9-14)18-20-16(2,3)17(4,5)21-18/h6-11H,12H2,1-5H3. The monoisotopic (exact) mass is 318 g/mol. The maximum Gasteiger partial charge on any atom is 0.494 e. The van der Waals surface area contributed by atoms with E-state index in [1.54, 1.807) is 6.92 Å². The summed E-state index contributed by atoms with van der Waals surface area (Å²) in [4.78, 5) is 10.9. The minimum atomic E-state index is -0.323. The molecule has 0 atom stereocenters. The van der Waals surface area contributed by atoms with E-state index in [0.29, 0.717) is 5.75 Å². The van der Waals surface area contributed by atoms with Crippen LogP contribution in [0.4, 0.5) is 0 Å². The maximum absolute atomic E-state index is 10.9. The normalized spacial score (nSPS) is 19.8. The van der Waals surface area contributed by atoms with E-state index >= 15 is 0 Å². The average molecular weight is 318 g/mol. The number of hydrogen-bond acceptors (Lipinski definition) is 4. The van der Waals surface area contributed by atoms with Gasteiger partial charge in [-0.2, -0.15) is 0 Å².